The molecule has 0 heterocycles. The van der Waals surface area contributed by atoms with Crippen LogP contribution in [0.3, 0.4) is 0 Å². The van der Waals surface area contributed by atoms with Gasteiger partial charge in [-0.15, -0.1) is 0 Å². The minimum atomic E-state index is 0.664. The van der Waals surface area contributed by atoms with Crippen molar-refractivity contribution in [2.75, 3.05) is 13.6 Å². The van der Waals surface area contributed by atoms with Crippen LogP contribution in [-0.2, 0) is 0 Å². The van der Waals surface area contributed by atoms with E-state index in [1.165, 1.54) is 38.6 Å². The first kappa shape index (κ1) is 9.76. The van der Waals surface area contributed by atoms with E-state index in [1.54, 1.807) is 0 Å². The predicted molar refractivity (Wildman–Crippen MR) is 54.0 cm³/mol. The van der Waals surface area contributed by atoms with E-state index in [0.717, 1.165) is 0 Å². The Morgan fingerprint density at radius 2 is 1.92 bits per heavy atom. The van der Waals surface area contributed by atoms with Gasteiger partial charge in [-0.2, -0.15) is 0 Å². The topological polar surface area (TPSA) is 3.01 Å². The van der Waals surface area contributed by atoms with Gasteiger partial charge >= 0.3 is 0 Å². The van der Waals surface area contributed by atoms with Gasteiger partial charge in [-0.3, -0.25) is 0 Å². The monoisotopic (exact) mass is 168 g/mol. The molecule has 0 aromatic carbocycles. The molecule has 70 valence electrons. The van der Waals surface area contributed by atoms with E-state index in [2.05, 4.69) is 31.7 Å². The van der Waals surface area contributed by atoms with E-state index < -0.39 is 0 Å². The summed E-state index contributed by atoms with van der Waals surface area (Å²) in [5, 5.41) is 0. The molecule has 1 fully saturated rings. The predicted octanol–water partition coefficient (Wildman–Crippen LogP) is 2.69. The molecule has 1 nitrogen and oxygen atoms in total. The van der Waals surface area contributed by atoms with Crippen molar-refractivity contribution in [2.24, 2.45) is 5.41 Å². The molecule has 0 N–H and O–H groups in total. The maximum Gasteiger partial charge on any atom is 0.142 e. The van der Waals surface area contributed by atoms with Gasteiger partial charge in [0.05, 0.1) is 0 Å². The van der Waals surface area contributed by atoms with Crippen LogP contribution in [0.4, 0.5) is 0 Å². The third kappa shape index (κ3) is 2.62. The summed E-state index contributed by atoms with van der Waals surface area (Å²) in [5.41, 5.74) is 0.664. The third-order valence-electron chi connectivity index (χ3n) is 3.32. The smallest absolute Gasteiger partial charge is 0.142 e. The van der Waals surface area contributed by atoms with Gasteiger partial charge in [-0.1, -0.05) is 19.8 Å². The fourth-order valence-corrected chi connectivity index (χ4v) is 2.05. The minimum Gasteiger partial charge on any atom is -0.242 e. The number of hydrogen-bond acceptors (Lipinski definition) is 0. The van der Waals surface area contributed by atoms with Crippen molar-refractivity contribution in [2.45, 2.75) is 46.0 Å². The van der Waals surface area contributed by atoms with Gasteiger partial charge in [0, 0.05) is 13.3 Å². The van der Waals surface area contributed by atoms with E-state index in [4.69, 9.17) is 0 Å². The van der Waals surface area contributed by atoms with Crippen LogP contribution in [0, 0.1) is 5.41 Å². The second-order valence-corrected chi connectivity index (χ2v) is 4.51. The molecule has 0 aliphatic heterocycles. The van der Waals surface area contributed by atoms with Gasteiger partial charge in [0.15, 0.2) is 0 Å². The van der Waals surface area contributed by atoms with Gasteiger partial charge in [-0.05, 0) is 18.3 Å². The Hall–Kier alpha value is -0.330. The van der Waals surface area contributed by atoms with Crippen LogP contribution < -0.4 is 0 Å². The summed E-state index contributed by atoms with van der Waals surface area (Å²) in [6.45, 7) is 5.79. The first-order chi connectivity index (χ1) is 5.66. The Bertz CT molecular complexity index is 164. The van der Waals surface area contributed by atoms with Crippen LogP contribution in [0.2, 0.25) is 0 Å². The van der Waals surface area contributed by atoms with Crippen LogP contribution in [0.1, 0.15) is 46.0 Å². The second-order valence-electron chi connectivity index (χ2n) is 4.51. The molecule has 0 saturated heterocycles. The summed E-state index contributed by atoms with van der Waals surface area (Å²) in [6.07, 6.45) is 9.34. The molecule has 1 saturated carbocycles. The highest BCUT2D eigenvalue weighted by Gasteiger charge is 2.29. The number of rotatable bonds is 3. The highest BCUT2D eigenvalue weighted by Crippen LogP contribution is 2.40. The fraction of sp³-hybridized carbons (Fsp3) is 0.909. The van der Waals surface area contributed by atoms with Crippen LogP contribution in [-0.4, -0.2) is 24.4 Å². The molecule has 0 aromatic heterocycles. The Morgan fingerprint density at radius 1 is 1.33 bits per heavy atom. The van der Waals surface area contributed by atoms with Gasteiger partial charge in [0.25, 0.3) is 0 Å². The largest absolute Gasteiger partial charge is 0.242 e. The highest BCUT2D eigenvalue weighted by atomic mass is 14.9. The Kier molecular flexibility index (Phi) is 3.30. The summed E-state index contributed by atoms with van der Waals surface area (Å²) in [6, 6.07) is 0. The van der Waals surface area contributed by atoms with Crippen molar-refractivity contribution in [3.8, 4) is 0 Å². The molecule has 1 aliphatic carbocycles. The zero-order valence-corrected chi connectivity index (χ0v) is 8.77. The van der Waals surface area contributed by atoms with Gasteiger partial charge in [0.2, 0.25) is 0 Å². The lowest BCUT2D eigenvalue weighted by atomic mass is 9.85. The lowest BCUT2D eigenvalue weighted by Crippen LogP contribution is -2.18. The first-order valence-electron chi connectivity index (χ1n) is 5.16. The molecule has 0 spiro atoms. The van der Waals surface area contributed by atoms with Crippen molar-refractivity contribution in [3.63, 3.8) is 0 Å². The SMILES string of the molecule is CC=[N+](C)CCC1(C)CCCC1. The molecular formula is C11H22N+. The van der Waals surface area contributed by atoms with E-state index in [9.17, 15) is 0 Å². The normalized spacial score (nSPS) is 23.1. The summed E-state index contributed by atoms with van der Waals surface area (Å²) in [7, 11) is 2.16. The van der Waals surface area contributed by atoms with Crippen molar-refractivity contribution in [1.82, 2.24) is 0 Å². The molecule has 0 aromatic rings. The fourth-order valence-electron chi connectivity index (χ4n) is 2.05. The van der Waals surface area contributed by atoms with E-state index in [0.29, 0.717) is 5.41 Å². The summed E-state index contributed by atoms with van der Waals surface area (Å²) in [4.78, 5) is 0. The van der Waals surface area contributed by atoms with Crippen molar-refractivity contribution in [1.29, 1.82) is 0 Å². The average Bonchev–Trinajstić information content (AvgIpc) is 2.49. The molecule has 0 unspecified atom stereocenters. The molecule has 0 amide bonds. The molecular weight excluding hydrogens is 146 g/mol. The summed E-state index contributed by atoms with van der Waals surface area (Å²) < 4.78 is 2.30. The van der Waals surface area contributed by atoms with Gasteiger partial charge < -0.3 is 0 Å². The molecule has 0 atom stereocenters. The second kappa shape index (κ2) is 4.06. The summed E-state index contributed by atoms with van der Waals surface area (Å²) >= 11 is 0. The third-order valence-corrected chi connectivity index (χ3v) is 3.32. The molecule has 1 aliphatic rings. The van der Waals surface area contributed by atoms with Crippen LogP contribution in [0.5, 0.6) is 0 Å². The lowest BCUT2D eigenvalue weighted by molar-refractivity contribution is -0.495. The molecule has 0 bridgehead atoms. The zero-order valence-electron chi connectivity index (χ0n) is 8.77. The highest BCUT2D eigenvalue weighted by molar-refractivity contribution is 5.46. The van der Waals surface area contributed by atoms with E-state index in [-0.39, 0.29) is 0 Å². The Labute approximate surface area is 76.5 Å². The quantitative estimate of drug-likeness (QED) is 0.450. The molecule has 1 rings (SSSR count). The van der Waals surface area contributed by atoms with Crippen LogP contribution in [0.25, 0.3) is 0 Å². The Balaban J connectivity index is 2.30. The van der Waals surface area contributed by atoms with Crippen molar-refractivity contribution >= 4 is 6.21 Å². The maximum atomic E-state index is 2.45. The lowest BCUT2D eigenvalue weighted by Gasteiger charge is -2.21. The Morgan fingerprint density at radius 3 is 2.42 bits per heavy atom. The van der Waals surface area contributed by atoms with Gasteiger partial charge in [-0.25, -0.2) is 4.58 Å². The number of hydrogen-bond donors (Lipinski definition) is 0. The van der Waals surface area contributed by atoms with Crippen molar-refractivity contribution in [3.05, 3.63) is 0 Å². The molecule has 12 heavy (non-hydrogen) atoms. The first-order valence-corrected chi connectivity index (χ1v) is 5.16. The molecule has 1 heteroatoms. The van der Waals surface area contributed by atoms with E-state index in [1.807, 2.05) is 0 Å². The van der Waals surface area contributed by atoms with Crippen LogP contribution in [0.15, 0.2) is 0 Å². The average molecular weight is 168 g/mol. The van der Waals surface area contributed by atoms with Crippen molar-refractivity contribution < 1.29 is 4.58 Å². The standard InChI is InChI=1S/C11H22N/c1-4-12(3)10-9-11(2)7-5-6-8-11/h4H,5-10H2,1-3H3/q+1. The van der Waals surface area contributed by atoms with E-state index >= 15 is 0 Å². The maximum absolute atomic E-state index is 2.45. The number of nitrogens with zero attached hydrogens (tertiary/aromatic N) is 1. The summed E-state index contributed by atoms with van der Waals surface area (Å²) in [5.74, 6) is 0. The molecule has 0 radical (unpaired) electrons. The minimum absolute atomic E-state index is 0.664. The van der Waals surface area contributed by atoms with Gasteiger partial charge in [0.1, 0.15) is 19.8 Å². The van der Waals surface area contributed by atoms with Crippen LogP contribution >= 0.6 is 0 Å². The zero-order chi connectivity index (χ0) is 9.03.